The van der Waals surface area contributed by atoms with Crippen LogP contribution in [0.15, 0.2) is 42.5 Å². The molecule has 0 aliphatic carbocycles. The van der Waals surface area contributed by atoms with Crippen molar-refractivity contribution in [3.8, 4) is 5.75 Å². The van der Waals surface area contributed by atoms with Gasteiger partial charge in [0.05, 0.1) is 33.9 Å². The molecular weight excluding hydrogens is 538 g/mol. The van der Waals surface area contributed by atoms with E-state index in [-0.39, 0.29) is 42.0 Å². The number of rotatable bonds is 9. The minimum absolute atomic E-state index is 0.0400. The van der Waals surface area contributed by atoms with Crippen molar-refractivity contribution >= 4 is 52.5 Å². The average molecular weight is 572 g/mol. The fraction of sp³-hybridized carbons (Fsp3) is 0.483. The molecule has 3 saturated heterocycles. The van der Waals surface area contributed by atoms with E-state index in [1.165, 1.54) is 0 Å². The van der Waals surface area contributed by atoms with Crippen LogP contribution in [0.1, 0.15) is 32.3 Å². The summed E-state index contributed by atoms with van der Waals surface area (Å²) in [6.45, 7) is 6.53. The molecule has 3 fully saturated rings. The Bertz CT molecular complexity index is 1250. The van der Waals surface area contributed by atoms with Gasteiger partial charge in [-0.2, -0.15) is 0 Å². The van der Waals surface area contributed by atoms with Crippen molar-refractivity contribution in [2.75, 3.05) is 30.4 Å². The molecule has 0 aromatic heterocycles. The minimum Gasteiger partial charge on any atom is -0.494 e. The smallest absolute Gasteiger partial charge is 0.248 e. The van der Waals surface area contributed by atoms with Crippen LogP contribution < -0.4 is 15.4 Å². The molecule has 1 spiro atoms. The number of hydrogen-bond donors (Lipinski definition) is 3. The highest BCUT2D eigenvalue weighted by molar-refractivity contribution is 8.02. The van der Waals surface area contributed by atoms with Crippen LogP contribution in [0.3, 0.4) is 0 Å². The molecule has 2 aromatic rings. The first-order chi connectivity index (χ1) is 18.7. The van der Waals surface area contributed by atoms with Gasteiger partial charge in [-0.1, -0.05) is 30.7 Å². The topological polar surface area (TPSA) is 108 Å². The number of likely N-dealkylation sites (tertiary alicyclic amines) is 1. The number of para-hydroxylation sites is 1. The third-order valence-corrected chi connectivity index (χ3v) is 10.6. The summed E-state index contributed by atoms with van der Waals surface area (Å²) in [5.74, 6) is -1.18. The molecule has 3 N–H and O–H groups in total. The van der Waals surface area contributed by atoms with Crippen LogP contribution in [0, 0.1) is 24.7 Å². The number of benzene rings is 2. The van der Waals surface area contributed by atoms with E-state index in [0.29, 0.717) is 35.2 Å². The maximum atomic E-state index is 14.0. The van der Waals surface area contributed by atoms with E-state index in [1.807, 2.05) is 26.0 Å². The number of aryl methyl sites for hydroxylation is 1. The molecule has 3 aliphatic heterocycles. The van der Waals surface area contributed by atoms with Crippen molar-refractivity contribution in [2.45, 2.75) is 49.7 Å². The quantitative estimate of drug-likeness (QED) is 0.413. The van der Waals surface area contributed by atoms with Crippen LogP contribution in [0.5, 0.6) is 5.75 Å². The molecular formula is C29H34ClN3O5S. The summed E-state index contributed by atoms with van der Waals surface area (Å²) in [5.41, 5.74) is 1.97. The number of carbonyl (C=O) groups excluding carboxylic acids is 3. The lowest BCUT2D eigenvalue weighted by Gasteiger charge is -2.38. The van der Waals surface area contributed by atoms with Gasteiger partial charge in [0.25, 0.3) is 0 Å². The Balaban J connectivity index is 1.46. The lowest BCUT2D eigenvalue weighted by atomic mass is 9.66. The Labute approximate surface area is 237 Å². The number of nitrogens with zero attached hydrogens (tertiary/aromatic N) is 1. The van der Waals surface area contributed by atoms with E-state index >= 15 is 0 Å². The standard InChI is InChI=1S/C29H34ClN3O5S/c1-4-38-19-11-9-18(10-12-19)31-26(35)22-21-15-17(3)29(39-21)23(22)28(37)33(13-6-14-34)25(29)27(36)32-24-16(2)7-5-8-20(24)30/h5,7-12,17,21-23,25,34H,4,6,13-15H2,1-3H3,(H,31,35)(H,32,36)/t17?,21-,22+,23+,25?,29?/m1/s1. The van der Waals surface area contributed by atoms with Crippen LogP contribution in [0.4, 0.5) is 11.4 Å². The first-order valence-corrected chi connectivity index (χ1v) is 14.7. The Morgan fingerprint density at radius 3 is 2.59 bits per heavy atom. The number of amides is 3. The summed E-state index contributed by atoms with van der Waals surface area (Å²) < 4.78 is 4.74. The fourth-order valence-electron chi connectivity index (χ4n) is 6.61. The van der Waals surface area contributed by atoms with E-state index in [4.69, 9.17) is 16.3 Å². The number of fused-ring (bicyclic) bond motifs is 1. The van der Waals surface area contributed by atoms with Gasteiger partial charge in [0.1, 0.15) is 11.8 Å². The molecule has 208 valence electrons. The number of nitrogens with one attached hydrogen (secondary N) is 2. The zero-order valence-corrected chi connectivity index (χ0v) is 23.8. The monoisotopic (exact) mass is 571 g/mol. The van der Waals surface area contributed by atoms with E-state index in [0.717, 1.165) is 12.0 Å². The second-order valence-electron chi connectivity index (χ2n) is 10.5. The highest BCUT2D eigenvalue weighted by atomic mass is 35.5. The zero-order chi connectivity index (χ0) is 27.9. The van der Waals surface area contributed by atoms with E-state index < -0.39 is 22.6 Å². The van der Waals surface area contributed by atoms with Gasteiger partial charge >= 0.3 is 0 Å². The fourth-order valence-corrected chi connectivity index (χ4v) is 9.30. The molecule has 6 atom stereocenters. The highest BCUT2D eigenvalue weighted by Gasteiger charge is 2.75. The lowest BCUT2D eigenvalue weighted by Crippen LogP contribution is -2.55. The van der Waals surface area contributed by atoms with Gasteiger partial charge in [-0.15, -0.1) is 11.8 Å². The number of aliphatic hydroxyl groups is 1. The SMILES string of the molecule is CCOc1ccc(NC(=O)[C@@H]2[C@H]3C(=O)N(CCCO)C(C(=O)Nc4c(C)cccc4Cl)C34S[C@@H]2CC4C)cc1. The first kappa shape index (κ1) is 27.8. The Morgan fingerprint density at radius 2 is 1.92 bits per heavy atom. The molecule has 5 rings (SSSR count). The van der Waals surface area contributed by atoms with Gasteiger partial charge in [-0.25, -0.2) is 0 Å². The number of ether oxygens (including phenoxy) is 1. The van der Waals surface area contributed by atoms with Crippen LogP contribution in [0.25, 0.3) is 0 Å². The van der Waals surface area contributed by atoms with E-state index in [1.54, 1.807) is 47.0 Å². The van der Waals surface area contributed by atoms with Crippen molar-refractivity contribution in [3.05, 3.63) is 53.1 Å². The number of anilines is 2. The number of thioether (sulfide) groups is 1. The first-order valence-electron chi connectivity index (χ1n) is 13.4. The molecule has 39 heavy (non-hydrogen) atoms. The van der Waals surface area contributed by atoms with Gasteiger partial charge in [0.2, 0.25) is 17.7 Å². The van der Waals surface area contributed by atoms with Crippen molar-refractivity contribution in [1.82, 2.24) is 4.90 Å². The molecule has 0 saturated carbocycles. The molecule has 3 amide bonds. The van der Waals surface area contributed by atoms with E-state index in [9.17, 15) is 19.5 Å². The lowest BCUT2D eigenvalue weighted by molar-refractivity contribution is -0.138. The zero-order valence-electron chi connectivity index (χ0n) is 22.3. The Hall–Kier alpha value is -2.75. The van der Waals surface area contributed by atoms with Gasteiger partial charge in [-0.05, 0) is 68.5 Å². The average Bonchev–Trinajstić information content (AvgIpc) is 3.50. The summed E-state index contributed by atoms with van der Waals surface area (Å²) >= 11 is 8.03. The number of hydrogen-bond acceptors (Lipinski definition) is 6. The molecule has 2 bridgehead atoms. The van der Waals surface area contributed by atoms with Crippen LogP contribution in [0.2, 0.25) is 5.02 Å². The minimum atomic E-state index is -0.787. The van der Waals surface area contributed by atoms with Crippen molar-refractivity contribution in [2.24, 2.45) is 17.8 Å². The third kappa shape index (κ3) is 4.68. The maximum absolute atomic E-state index is 14.0. The van der Waals surface area contributed by atoms with Crippen LogP contribution >= 0.6 is 23.4 Å². The molecule has 2 aromatic carbocycles. The van der Waals surface area contributed by atoms with Crippen LogP contribution in [-0.2, 0) is 14.4 Å². The molecule has 3 unspecified atom stereocenters. The Morgan fingerprint density at radius 1 is 1.18 bits per heavy atom. The predicted octanol–water partition coefficient (Wildman–Crippen LogP) is 4.34. The number of halogens is 1. The van der Waals surface area contributed by atoms with Crippen LogP contribution in [-0.4, -0.2) is 63.5 Å². The van der Waals surface area contributed by atoms with Gasteiger partial charge in [-0.3, -0.25) is 14.4 Å². The Kier molecular flexibility index (Phi) is 7.86. The predicted molar refractivity (Wildman–Crippen MR) is 153 cm³/mol. The van der Waals surface area contributed by atoms with Crippen molar-refractivity contribution < 1.29 is 24.2 Å². The molecule has 0 radical (unpaired) electrons. The van der Waals surface area contributed by atoms with Gasteiger partial charge in [0, 0.05) is 24.1 Å². The maximum Gasteiger partial charge on any atom is 0.248 e. The van der Waals surface area contributed by atoms with Gasteiger partial charge < -0.3 is 25.4 Å². The second-order valence-corrected chi connectivity index (χ2v) is 12.5. The normalized spacial score (nSPS) is 28.9. The molecule has 8 nitrogen and oxygen atoms in total. The number of carbonyl (C=O) groups is 3. The summed E-state index contributed by atoms with van der Waals surface area (Å²) in [6.07, 6.45) is 1.08. The van der Waals surface area contributed by atoms with Gasteiger partial charge in [0.15, 0.2) is 0 Å². The molecule has 3 heterocycles. The summed E-state index contributed by atoms with van der Waals surface area (Å²) in [4.78, 5) is 43.3. The molecule has 10 heteroatoms. The van der Waals surface area contributed by atoms with Crippen molar-refractivity contribution in [3.63, 3.8) is 0 Å². The van der Waals surface area contributed by atoms with E-state index in [2.05, 4.69) is 17.6 Å². The largest absolute Gasteiger partial charge is 0.494 e. The number of aliphatic hydroxyl groups excluding tert-OH is 1. The summed E-state index contributed by atoms with van der Waals surface area (Å²) in [6, 6.07) is 11.8. The summed E-state index contributed by atoms with van der Waals surface area (Å²) in [5, 5.41) is 15.9. The summed E-state index contributed by atoms with van der Waals surface area (Å²) in [7, 11) is 0. The molecule has 3 aliphatic rings. The third-order valence-electron chi connectivity index (χ3n) is 8.26. The second kappa shape index (κ2) is 11.0. The highest BCUT2D eigenvalue weighted by Crippen LogP contribution is 2.68. The van der Waals surface area contributed by atoms with Crippen molar-refractivity contribution in [1.29, 1.82) is 0 Å².